The van der Waals surface area contributed by atoms with Crippen LogP contribution in [-0.4, -0.2) is 42.6 Å². The molecule has 1 saturated heterocycles. The van der Waals surface area contributed by atoms with E-state index in [0.717, 1.165) is 50.7 Å². The molecule has 6 aliphatic rings. The average molecular weight is 495 g/mol. The molecule has 1 N–H and O–H groups in total. The molecule has 2 spiro atoms. The van der Waals surface area contributed by atoms with Crippen LogP contribution in [0.1, 0.15) is 90.2 Å². The first-order valence-electron chi connectivity index (χ1n) is 14.2. The Hall–Kier alpha value is -1.43. The van der Waals surface area contributed by atoms with Gasteiger partial charge in [-0.15, -0.1) is 0 Å². The van der Waals surface area contributed by atoms with E-state index in [0.29, 0.717) is 43.2 Å². The maximum atomic E-state index is 12.9. The van der Waals surface area contributed by atoms with E-state index in [1.165, 1.54) is 11.1 Å². The van der Waals surface area contributed by atoms with Crippen LogP contribution in [-0.2, 0) is 19.7 Å². The maximum Gasteiger partial charge on any atom is 0.184 e. The number of carbonyl (C=O) groups excluding carboxylic acids is 1. The van der Waals surface area contributed by atoms with Crippen LogP contribution >= 0.6 is 0 Å². The molecule has 1 aliphatic heterocycles. The van der Waals surface area contributed by atoms with E-state index in [2.05, 4.69) is 45.9 Å². The third-order valence-corrected chi connectivity index (χ3v) is 12.2. The first kappa shape index (κ1) is 23.7. The van der Waals surface area contributed by atoms with Gasteiger partial charge in [0, 0.05) is 29.1 Å². The number of benzene rings is 1. The first-order chi connectivity index (χ1) is 16.9. The number of fused-ring (bicyclic) bond motifs is 9. The number of ether oxygens (including phenoxy) is 3. The van der Waals surface area contributed by atoms with Gasteiger partial charge in [0.25, 0.3) is 0 Å². The van der Waals surface area contributed by atoms with Gasteiger partial charge in [0.2, 0.25) is 0 Å². The van der Waals surface area contributed by atoms with Gasteiger partial charge >= 0.3 is 0 Å². The highest BCUT2D eigenvalue weighted by Gasteiger charge is 2.78. The lowest BCUT2D eigenvalue weighted by molar-refractivity contribution is -0.370. The number of hydrogen-bond acceptors (Lipinski definition) is 5. The number of carbonyl (C=O) groups is 1. The molecule has 1 aromatic carbocycles. The lowest BCUT2D eigenvalue weighted by Gasteiger charge is -2.67. The largest absolute Gasteiger partial charge is 0.497 e. The summed E-state index contributed by atoms with van der Waals surface area (Å²) in [6.45, 7) is 10.2. The highest BCUT2D eigenvalue weighted by Crippen LogP contribution is 2.76. The Kier molecular flexibility index (Phi) is 4.57. The molecule has 5 aliphatic carbocycles. The molecular weight excluding hydrogens is 452 g/mol. The SMILES string of the molecule is COc1ccc2c(c1)C21C[C@]2(C)[C@H]3CC[C@]4(C)C(=O)CC[C@H]4[C@@H]3CC[C@@]2(O)CC12OCC(C)(C)CO2. The number of aliphatic hydroxyl groups is 1. The lowest BCUT2D eigenvalue weighted by atomic mass is 9.41. The van der Waals surface area contributed by atoms with Crippen LogP contribution in [0, 0.1) is 34.0 Å². The quantitative estimate of drug-likeness (QED) is 0.566. The van der Waals surface area contributed by atoms with Crippen molar-refractivity contribution in [2.45, 2.75) is 95.9 Å². The highest BCUT2D eigenvalue weighted by molar-refractivity contribution is 5.87. The summed E-state index contributed by atoms with van der Waals surface area (Å²) in [4.78, 5) is 12.9. The minimum absolute atomic E-state index is 0.0466. The van der Waals surface area contributed by atoms with Gasteiger partial charge in [0.15, 0.2) is 5.79 Å². The first-order valence-corrected chi connectivity index (χ1v) is 14.2. The lowest BCUT2D eigenvalue weighted by Crippen LogP contribution is -2.71. The molecule has 7 rings (SSSR count). The average Bonchev–Trinajstić information content (AvgIpc) is 3.36. The zero-order valence-corrected chi connectivity index (χ0v) is 22.6. The van der Waals surface area contributed by atoms with Gasteiger partial charge in [-0.05, 0) is 79.5 Å². The third kappa shape index (κ3) is 2.66. The third-order valence-electron chi connectivity index (χ3n) is 12.2. The summed E-state index contributed by atoms with van der Waals surface area (Å²) >= 11 is 0. The summed E-state index contributed by atoms with van der Waals surface area (Å²) in [5, 5.41) is 12.6. The standard InChI is InChI=1S/C31H42O5/c1-26(2)17-35-31(36-18-26)16-29(33)13-10-20-21-8-9-25(32)27(21,3)12-11-22(20)28(29,4)15-30(31)23-7-6-19(34-5)14-24(23)30/h6-7,14,20-22,33H,8-13,15-18H2,1-5H3/t20-,21-,22-,27-,28+,29+,30?/m0/s1. The molecule has 1 aromatic rings. The second kappa shape index (κ2) is 6.95. The van der Waals surface area contributed by atoms with Crippen LogP contribution in [0.25, 0.3) is 0 Å². The summed E-state index contributed by atoms with van der Waals surface area (Å²) in [6, 6.07) is 6.42. The second-order valence-corrected chi connectivity index (χ2v) is 14.4. The fourth-order valence-corrected chi connectivity index (χ4v) is 10.0. The molecule has 0 amide bonds. The molecular formula is C31H42O5. The predicted molar refractivity (Wildman–Crippen MR) is 136 cm³/mol. The van der Waals surface area contributed by atoms with Crippen molar-refractivity contribution in [2.75, 3.05) is 20.3 Å². The normalized spacial score (nSPS) is 47.6. The Labute approximate surface area is 215 Å². The van der Waals surface area contributed by atoms with Gasteiger partial charge in [-0.25, -0.2) is 0 Å². The minimum atomic E-state index is -0.846. The molecule has 1 heterocycles. The Balaban J connectivity index is 1.32. The molecule has 0 aromatic heterocycles. The molecule has 0 bridgehead atoms. The van der Waals surface area contributed by atoms with Gasteiger partial charge < -0.3 is 19.3 Å². The number of Topliss-reactive ketones (excluding diaryl/α,β-unsaturated/α-hetero) is 1. The van der Waals surface area contributed by atoms with Crippen molar-refractivity contribution in [1.82, 2.24) is 0 Å². The molecule has 1 unspecified atom stereocenters. The summed E-state index contributed by atoms with van der Waals surface area (Å²) in [5.41, 5.74) is 0.901. The van der Waals surface area contributed by atoms with Crippen molar-refractivity contribution in [3.05, 3.63) is 29.3 Å². The molecule has 5 fully saturated rings. The molecule has 7 atom stereocenters. The van der Waals surface area contributed by atoms with Gasteiger partial charge in [0.05, 0.1) is 31.3 Å². The fourth-order valence-electron chi connectivity index (χ4n) is 10.0. The molecule has 4 saturated carbocycles. The Morgan fingerprint density at radius 2 is 1.69 bits per heavy atom. The van der Waals surface area contributed by atoms with Crippen molar-refractivity contribution in [3.63, 3.8) is 0 Å². The van der Waals surface area contributed by atoms with Crippen molar-refractivity contribution >= 4 is 5.78 Å². The highest BCUT2D eigenvalue weighted by atomic mass is 16.7. The van der Waals surface area contributed by atoms with Gasteiger partial charge in [0.1, 0.15) is 11.5 Å². The van der Waals surface area contributed by atoms with Crippen molar-refractivity contribution in [1.29, 1.82) is 0 Å². The molecule has 5 heteroatoms. The molecule has 196 valence electrons. The van der Waals surface area contributed by atoms with Gasteiger partial charge in [-0.3, -0.25) is 4.79 Å². The second-order valence-electron chi connectivity index (χ2n) is 14.4. The summed E-state index contributed by atoms with van der Waals surface area (Å²) in [5.74, 6) is 1.88. The van der Waals surface area contributed by atoms with Gasteiger partial charge in [-0.2, -0.15) is 0 Å². The van der Waals surface area contributed by atoms with E-state index in [-0.39, 0.29) is 21.7 Å². The summed E-state index contributed by atoms with van der Waals surface area (Å²) < 4.78 is 19.2. The molecule has 36 heavy (non-hydrogen) atoms. The fraction of sp³-hybridized carbons (Fsp3) is 0.774. The van der Waals surface area contributed by atoms with E-state index in [1.54, 1.807) is 7.11 Å². The number of rotatable bonds is 1. The van der Waals surface area contributed by atoms with Crippen molar-refractivity contribution in [3.8, 4) is 5.75 Å². The summed E-state index contributed by atoms with van der Waals surface area (Å²) in [7, 11) is 1.72. The zero-order chi connectivity index (χ0) is 25.4. The van der Waals surface area contributed by atoms with Crippen LogP contribution in [0.15, 0.2) is 18.2 Å². The monoisotopic (exact) mass is 494 g/mol. The number of hydrogen-bond donors (Lipinski definition) is 1. The minimum Gasteiger partial charge on any atom is -0.497 e. The summed E-state index contributed by atoms with van der Waals surface area (Å²) in [6.07, 6.45) is 6.85. The Bertz CT molecular complexity index is 1130. The smallest absolute Gasteiger partial charge is 0.184 e. The van der Waals surface area contributed by atoms with E-state index in [1.807, 2.05) is 0 Å². The van der Waals surface area contributed by atoms with Gasteiger partial charge in [-0.1, -0.05) is 33.8 Å². The van der Waals surface area contributed by atoms with Crippen molar-refractivity contribution in [2.24, 2.45) is 34.0 Å². The Morgan fingerprint density at radius 3 is 2.42 bits per heavy atom. The van der Waals surface area contributed by atoms with Crippen LogP contribution in [0.2, 0.25) is 0 Å². The van der Waals surface area contributed by atoms with Crippen LogP contribution in [0.5, 0.6) is 5.75 Å². The van der Waals surface area contributed by atoms with Crippen molar-refractivity contribution < 1.29 is 24.1 Å². The van der Waals surface area contributed by atoms with Crippen LogP contribution in [0.3, 0.4) is 0 Å². The van der Waals surface area contributed by atoms with E-state index < -0.39 is 11.4 Å². The number of ketones is 1. The predicted octanol–water partition coefficient (Wildman–Crippen LogP) is 5.40. The number of methoxy groups -OCH3 is 1. The molecule has 5 nitrogen and oxygen atoms in total. The van der Waals surface area contributed by atoms with Crippen LogP contribution in [0.4, 0.5) is 0 Å². The zero-order valence-electron chi connectivity index (χ0n) is 22.6. The van der Waals surface area contributed by atoms with E-state index in [9.17, 15) is 9.90 Å². The maximum absolute atomic E-state index is 12.9. The Morgan fingerprint density at radius 1 is 0.944 bits per heavy atom. The van der Waals surface area contributed by atoms with E-state index >= 15 is 0 Å². The molecule has 0 radical (unpaired) electrons. The topological polar surface area (TPSA) is 65.0 Å². The van der Waals surface area contributed by atoms with E-state index in [4.69, 9.17) is 14.2 Å². The van der Waals surface area contributed by atoms with Crippen LogP contribution < -0.4 is 4.74 Å².